The molecule has 2 aromatic carbocycles. The third kappa shape index (κ3) is 3.08. The van der Waals surface area contributed by atoms with Crippen LogP contribution in [0, 0.1) is 13.8 Å². The van der Waals surface area contributed by atoms with Crippen molar-refractivity contribution in [2.45, 2.75) is 27.2 Å². The van der Waals surface area contributed by atoms with Crippen molar-refractivity contribution in [3.8, 4) is 0 Å². The molecule has 2 aromatic rings. The molecule has 0 aliphatic carbocycles. The SMILES string of the molecule is CCCN(C(=O)c1ccccc1C)c1cccc(C)c1. The number of anilines is 1. The Balaban J connectivity index is 2.39. The van der Waals surface area contributed by atoms with E-state index in [0.29, 0.717) is 0 Å². The van der Waals surface area contributed by atoms with Crippen molar-refractivity contribution in [2.24, 2.45) is 0 Å². The number of nitrogens with zero attached hydrogens (tertiary/aromatic N) is 1. The van der Waals surface area contributed by atoms with Crippen LogP contribution in [0.4, 0.5) is 5.69 Å². The summed E-state index contributed by atoms with van der Waals surface area (Å²) in [4.78, 5) is 14.7. The smallest absolute Gasteiger partial charge is 0.258 e. The first-order valence-electron chi connectivity index (χ1n) is 7.07. The molecule has 104 valence electrons. The molecule has 0 unspecified atom stereocenters. The van der Waals surface area contributed by atoms with Gasteiger partial charge in [0.05, 0.1) is 0 Å². The highest BCUT2D eigenvalue weighted by molar-refractivity contribution is 6.07. The lowest BCUT2D eigenvalue weighted by Gasteiger charge is -2.23. The molecule has 0 spiro atoms. The highest BCUT2D eigenvalue weighted by Gasteiger charge is 2.18. The molecule has 0 aromatic heterocycles. The summed E-state index contributed by atoms with van der Waals surface area (Å²) in [6.45, 7) is 6.85. The van der Waals surface area contributed by atoms with Gasteiger partial charge in [-0.1, -0.05) is 37.3 Å². The second kappa shape index (κ2) is 6.38. The molecular weight excluding hydrogens is 246 g/mol. The van der Waals surface area contributed by atoms with Gasteiger partial charge in [0.2, 0.25) is 0 Å². The molecule has 0 saturated carbocycles. The van der Waals surface area contributed by atoms with Crippen LogP contribution in [0.1, 0.15) is 34.8 Å². The first kappa shape index (κ1) is 14.3. The van der Waals surface area contributed by atoms with E-state index in [1.165, 1.54) is 5.56 Å². The molecule has 0 heterocycles. The van der Waals surface area contributed by atoms with Crippen molar-refractivity contribution in [3.05, 3.63) is 65.2 Å². The number of carbonyl (C=O) groups excluding carboxylic acids is 1. The van der Waals surface area contributed by atoms with Crippen LogP contribution in [0.25, 0.3) is 0 Å². The second-order valence-corrected chi connectivity index (χ2v) is 5.11. The minimum Gasteiger partial charge on any atom is -0.308 e. The quantitative estimate of drug-likeness (QED) is 0.806. The van der Waals surface area contributed by atoms with Crippen LogP contribution in [-0.2, 0) is 0 Å². The number of hydrogen-bond acceptors (Lipinski definition) is 1. The maximum Gasteiger partial charge on any atom is 0.258 e. The lowest BCUT2D eigenvalue weighted by atomic mass is 10.1. The van der Waals surface area contributed by atoms with Crippen LogP contribution in [0.2, 0.25) is 0 Å². The summed E-state index contributed by atoms with van der Waals surface area (Å²) < 4.78 is 0. The van der Waals surface area contributed by atoms with Gasteiger partial charge in [0.15, 0.2) is 0 Å². The molecular formula is C18H21NO. The van der Waals surface area contributed by atoms with Crippen molar-refractivity contribution in [3.63, 3.8) is 0 Å². The van der Waals surface area contributed by atoms with E-state index >= 15 is 0 Å². The fourth-order valence-corrected chi connectivity index (χ4v) is 2.33. The van der Waals surface area contributed by atoms with Crippen LogP contribution in [0.15, 0.2) is 48.5 Å². The van der Waals surface area contributed by atoms with Gasteiger partial charge in [0, 0.05) is 17.8 Å². The summed E-state index contributed by atoms with van der Waals surface area (Å²) in [5.41, 5.74) is 3.94. The monoisotopic (exact) mass is 267 g/mol. The summed E-state index contributed by atoms with van der Waals surface area (Å²) in [7, 11) is 0. The third-order valence-electron chi connectivity index (χ3n) is 3.38. The first-order chi connectivity index (χ1) is 9.63. The highest BCUT2D eigenvalue weighted by atomic mass is 16.2. The molecule has 2 nitrogen and oxygen atoms in total. The van der Waals surface area contributed by atoms with E-state index in [9.17, 15) is 4.79 Å². The second-order valence-electron chi connectivity index (χ2n) is 5.11. The summed E-state index contributed by atoms with van der Waals surface area (Å²) >= 11 is 0. The topological polar surface area (TPSA) is 20.3 Å². The van der Waals surface area contributed by atoms with Gasteiger partial charge >= 0.3 is 0 Å². The summed E-state index contributed by atoms with van der Waals surface area (Å²) in [6, 6.07) is 15.9. The number of benzene rings is 2. The van der Waals surface area contributed by atoms with Crippen LogP contribution in [0.5, 0.6) is 0 Å². The number of hydrogen-bond donors (Lipinski definition) is 0. The Labute approximate surface area is 121 Å². The Kier molecular flexibility index (Phi) is 4.57. The van der Waals surface area contributed by atoms with Crippen molar-refractivity contribution < 1.29 is 4.79 Å². The lowest BCUT2D eigenvalue weighted by molar-refractivity contribution is 0.0986. The predicted molar refractivity (Wildman–Crippen MR) is 84.3 cm³/mol. The van der Waals surface area contributed by atoms with Gasteiger partial charge in [-0.05, 0) is 49.6 Å². The molecule has 0 N–H and O–H groups in total. The molecule has 0 radical (unpaired) electrons. The fraction of sp³-hybridized carbons (Fsp3) is 0.278. The van der Waals surface area contributed by atoms with E-state index in [1.54, 1.807) is 0 Å². The van der Waals surface area contributed by atoms with Gasteiger partial charge in [0.1, 0.15) is 0 Å². The van der Waals surface area contributed by atoms with E-state index in [-0.39, 0.29) is 5.91 Å². The standard InChI is InChI=1S/C18H21NO/c1-4-12-19(16-10-7-8-14(2)13-16)18(20)17-11-6-5-9-15(17)3/h5-11,13H,4,12H2,1-3H3. The van der Waals surface area contributed by atoms with Gasteiger partial charge in [-0.15, -0.1) is 0 Å². The van der Waals surface area contributed by atoms with E-state index in [1.807, 2.05) is 61.2 Å². The Bertz CT molecular complexity index is 604. The molecule has 0 aliphatic heterocycles. The molecule has 0 fully saturated rings. The molecule has 2 rings (SSSR count). The van der Waals surface area contributed by atoms with Crippen molar-refractivity contribution in [1.29, 1.82) is 0 Å². The Morgan fingerprint density at radius 3 is 2.45 bits per heavy atom. The number of rotatable bonds is 4. The van der Waals surface area contributed by atoms with E-state index in [2.05, 4.69) is 13.0 Å². The zero-order valence-electron chi connectivity index (χ0n) is 12.4. The van der Waals surface area contributed by atoms with Gasteiger partial charge < -0.3 is 4.90 Å². The zero-order valence-corrected chi connectivity index (χ0v) is 12.4. The molecule has 0 saturated heterocycles. The number of carbonyl (C=O) groups is 1. The van der Waals surface area contributed by atoms with Crippen molar-refractivity contribution in [2.75, 3.05) is 11.4 Å². The van der Waals surface area contributed by atoms with Crippen LogP contribution in [-0.4, -0.2) is 12.5 Å². The molecule has 0 aliphatic rings. The van der Waals surface area contributed by atoms with Crippen molar-refractivity contribution >= 4 is 11.6 Å². The lowest BCUT2D eigenvalue weighted by Crippen LogP contribution is -2.32. The van der Waals surface area contributed by atoms with Gasteiger partial charge in [-0.25, -0.2) is 0 Å². The molecule has 2 heteroatoms. The third-order valence-corrected chi connectivity index (χ3v) is 3.38. The molecule has 1 amide bonds. The predicted octanol–water partition coefficient (Wildman–Crippen LogP) is 4.36. The molecule has 0 bridgehead atoms. The van der Waals surface area contributed by atoms with Gasteiger partial charge in [-0.2, -0.15) is 0 Å². The number of aryl methyl sites for hydroxylation is 2. The van der Waals surface area contributed by atoms with E-state index in [0.717, 1.165) is 29.8 Å². The Hall–Kier alpha value is -2.09. The summed E-state index contributed by atoms with van der Waals surface area (Å²) in [6.07, 6.45) is 0.936. The Morgan fingerprint density at radius 1 is 1.05 bits per heavy atom. The number of amides is 1. The van der Waals surface area contributed by atoms with Crippen LogP contribution >= 0.6 is 0 Å². The van der Waals surface area contributed by atoms with E-state index < -0.39 is 0 Å². The zero-order chi connectivity index (χ0) is 14.5. The average molecular weight is 267 g/mol. The van der Waals surface area contributed by atoms with Crippen LogP contribution < -0.4 is 4.90 Å². The minimum absolute atomic E-state index is 0.0792. The van der Waals surface area contributed by atoms with Gasteiger partial charge in [-0.3, -0.25) is 4.79 Å². The highest BCUT2D eigenvalue weighted by Crippen LogP contribution is 2.20. The maximum atomic E-state index is 12.8. The molecule has 0 atom stereocenters. The largest absolute Gasteiger partial charge is 0.308 e. The van der Waals surface area contributed by atoms with E-state index in [4.69, 9.17) is 0 Å². The molecule has 20 heavy (non-hydrogen) atoms. The van der Waals surface area contributed by atoms with Gasteiger partial charge in [0.25, 0.3) is 5.91 Å². The summed E-state index contributed by atoms with van der Waals surface area (Å²) in [5, 5.41) is 0. The fourth-order valence-electron chi connectivity index (χ4n) is 2.33. The average Bonchev–Trinajstić information content (AvgIpc) is 2.44. The normalized spacial score (nSPS) is 10.3. The van der Waals surface area contributed by atoms with Crippen LogP contribution in [0.3, 0.4) is 0 Å². The Morgan fingerprint density at radius 2 is 1.80 bits per heavy atom. The summed E-state index contributed by atoms with van der Waals surface area (Å²) in [5.74, 6) is 0.0792. The minimum atomic E-state index is 0.0792. The first-order valence-corrected chi connectivity index (χ1v) is 7.07. The van der Waals surface area contributed by atoms with Crippen molar-refractivity contribution in [1.82, 2.24) is 0 Å². The maximum absolute atomic E-state index is 12.8.